The average Bonchev–Trinajstić information content (AvgIpc) is 2.47. The number of fused-ring (bicyclic) bond motifs is 1. The van der Waals surface area contributed by atoms with Crippen molar-refractivity contribution < 1.29 is 13.2 Å². The number of carbonyl (C=O) groups excluding carboxylic acids is 1. The van der Waals surface area contributed by atoms with Crippen LogP contribution < -0.4 is 5.32 Å². The molecule has 1 N–H and O–H groups in total. The first-order valence-corrected chi connectivity index (χ1v) is 8.73. The van der Waals surface area contributed by atoms with E-state index in [9.17, 15) is 13.2 Å². The maximum Gasteiger partial charge on any atom is 0.231 e. The minimum absolute atomic E-state index is 0.0533. The van der Waals surface area contributed by atoms with Crippen LogP contribution in [0.3, 0.4) is 0 Å². The van der Waals surface area contributed by atoms with Gasteiger partial charge in [0.25, 0.3) is 0 Å². The summed E-state index contributed by atoms with van der Waals surface area (Å²) in [6, 6.07) is 5.18. The largest absolute Gasteiger partial charge is 0.324 e. The first kappa shape index (κ1) is 13.6. The van der Waals surface area contributed by atoms with Gasteiger partial charge in [-0.3, -0.25) is 4.79 Å². The van der Waals surface area contributed by atoms with E-state index in [4.69, 9.17) is 0 Å². The molecule has 5 heteroatoms. The standard InChI is InChI=1S/C15H19NO3S/c1-11-5-6-12-13(9-11)20(18,19)10-15(14(17)16-12)7-3-2-4-8-15/h5-6,9H,2-4,7-8,10H2,1H3,(H,16,17). The van der Waals surface area contributed by atoms with Crippen molar-refractivity contribution in [2.75, 3.05) is 11.1 Å². The van der Waals surface area contributed by atoms with Crippen LogP contribution in [0.2, 0.25) is 0 Å². The third-order valence-electron chi connectivity index (χ3n) is 4.48. The summed E-state index contributed by atoms with van der Waals surface area (Å²) in [5, 5.41) is 2.85. The molecule has 1 aliphatic heterocycles. The summed E-state index contributed by atoms with van der Waals surface area (Å²) in [6.45, 7) is 1.86. The van der Waals surface area contributed by atoms with E-state index in [1.807, 2.05) is 13.0 Å². The summed E-state index contributed by atoms with van der Waals surface area (Å²) in [6.07, 6.45) is 4.29. The highest BCUT2D eigenvalue weighted by atomic mass is 32.2. The quantitative estimate of drug-likeness (QED) is 0.800. The fourth-order valence-electron chi connectivity index (χ4n) is 3.35. The van der Waals surface area contributed by atoms with Gasteiger partial charge in [-0.1, -0.05) is 25.3 Å². The van der Waals surface area contributed by atoms with E-state index >= 15 is 0 Å². The number of rotatable bonds is 0. The van der Waals surface area contributed by atoms with E-state index in [0.29, 0.717) is 18.5 Å². The van der Waals surface area contributed by atoms with E-state index < -0.39 is 15.3 Å². The van der Waals surface area contributed by atoms with Crippen LogP contribution in [0.4, 0.5) is 5.69 Å². The van der Waals surface area contributed by atoms with Crippen LogP contribution in [0.25, 0.3) is 0 Å². The molecule has 0 aromatic heterocycles. The lowest BCUT2D eigenvalue weighted by molar-refractivity contribution is -0.126. The van der Waals surface area contributed by atoms with Gasteiger partial charge in [0.05, 0.1) is 21.8 Å². The second kappa shape index (κ2) is 4.58. The van der Waals surface area contributed by atoms with Crippen LogP contribution in [0, 0.1) is 12.3 Å². The molecule has 0 unspecified atom stereocenters. The van der Waals surface area contributed by atoms with Crippen LogP contribution in [0.1, 0.15) is 37.7 Å². The van der Waals surface area contributed by atoms with E-state index in [-0.39, 0.29) is 16.6 Å². The summed E-state index contributed by atoms with van der Waals surface area (Å²) in [5.41, 5.74) is 0.591. The van der Waals surface area contributed by atoms with Crippen molar-refractivity contribution in [3.8, 4) is 0 Å². The van der Waals surface area contributed by atoms with Crippen molar-refractivity contribution >= 4 is 21.4 Å². The van der Waals surface area contributed by atoms with Gasteiger partial charge in [0.1, 0.15) is 0 Å². The van der Waals surface area contributed by atoms with Gasteiger partial charge >= 0.3 is 0 Å². The van der Waals surface area contributed by atoms with Crippen molar-refractivity contribution in [1.82, 2.24) is 0 Å². The van der Waals surface area contributed by atoms with Gasteiger partial charge in [-0.2, -0.15) is 0 Å². The maximum atomic E-state index is 12.7. The molecular weight excluding hydrogens is 274 g/mol. The Morgan fingerprint density at radius 3 is 2.55 bits per heavy atom. The summed E-state index contributed by atoms with van der Waals surface area (Å²) >= 11 is 0. The van der Waals surface area contributed by atoms with E-state index in [1.165, 1.54) is 0 Å². The summed E-state index contributed by atoms with van der Waals surface area (Å²) < 4.78 is 25.3. The Bertz CT molecular complexity index is 658. The number of nitrogens with one attached hydrogen (secondary N) is 1. The molecule has 1 aromatic carbocycles. The number of hydrogen-bond donors (Lipinski definition) is 1. The van der Waals surface area contributed by atoms with Gasteiger partial charge in [-0.05, 0) is 37.5 Å². The maximum absolute atomic E-state index is 12.7. The minimum Gasteiger partial charge on any atom is -0.324 e. The smallest absolute Gasteiger partial charge is 0.231 e. The fourth-order valence-corrected chi connectivity index (χ4v) is 5.47. The highest BCUT2D eigenvalue weighted by Gasteiger charge is 2.46. The zero-order chi connectivity index (χ0) is 14.4. The number of sulfone groups is 1. The highest BCUT2D eigenvalue weighted by Crippen LogP contribution is 2.43. The van der Waals surface area contributed by atoms with Gasteiger partial charge in [-0.15, -0.1) is 0 Å². The highest BCUT2D eigenvalue weighted by molar-refractivity contribution is 7.91. The second-order valence-corrected chi connectivity index (χ2v) is 8.01. The summed E-state index contributed by atoms with van der Waals surface area (Å²) in [4.78, 5) is 12.8. The van der Waals surface area contributed by atoms with Gasteiger partial charge in [0.2, 0.25) is 5.91 Å². The lowest BCUT2D eigenvalue weighted by Crippen LogP contribution is -2.41. The first-order valence-electron chi connectivity index (χ1n) is 7.08. The first-order chi connectivity index (χ1) is 9.43. The van der Waals surface area contributed by atoms with Crippen molar-refractivity contribution in [2.45, 2.75) is 43.9 Å². The molecule has 108 valence electrons. The minimum atomic E-state index is -3.43. The van der Waals surface area contributed by atoms with Crippen molar-refractivity contribution in [3.63, 3.8) is 0 Å². The van der Waals surface area contributed by atoms with E-state index in [2.05, 4.69) is 5.32 Å². The Kier molecular flexibility index (Phi) is 3.12. The molecule has 1 aliphatic carbocycles. The zero-order valence-electron chi connectivity index (χ0n) is 11.6. The number of carbonyl (C=O) groups is 1. The van der Waals surface area contributed by atoms with Crippen LogP contribution >= 0.6 is 0 Å². The van der Waals surface area contributed by atoms with E-state index in [1.54, 1.807) is 12.1 Å². The number of aryl methyl sites for hydroxylation is 1. The van der Waals surface area contributed by atoms with Gasteiger partial charge < -0.3 is 5.32 Å². The molecule has 0 atom stereocenters. The van der Waals surface area contributed by atoms with Crippen LogP contribution in [-0.4, -0.2) is 20.1 Å². The third kappa shape index (κ3) is 2.14. The average molecular weight is 293 g/mol. The Labute approximate surface area is 119 Å². The predicted molar refractivity (Wildman–Crippen MR) is 77.4 cm³/mol. The number of anilines is 1. The van der Waals surface area contributed by atoms with Gasteiger partial charge in [0.15, 0.2) is 9.84 Å². The van der Waals surface area contributed by atoms with Crippen molar-refractivity contribution in [1.29, 1.82) is 0 Å². The topological polar surface area (TPSA) is 63.2 Å². The Hall–Kier alpha value is -1.36. The third-order valence-corrected chi connectivity index (χ3v) is 6.42. The summed E-state index contributed by atoms with van der Waals surface area (Å²) in [7, 11) is -3.43. The number of benzene rings is 1. The summed E-state index contributed by atoms with van der Waals surface area (Å²) in [5.74, 6) is -0.175. The predicted octanol–water partition coefficient (Wildman–Crippen LogP) is 2.67. The van der Waals surface area contributed by atoms with Crippen LogP contribution in [-0.2, 0) is 14.6 Å². The molecule has 20 heavy (non-hydrogen) atoms. The molecule has 1 spiro atoms. The number of hydrogen-bond acceptors (Lipinski definition) is 3. The normalized spacial score (nSPS) is 23.8. The van der Waals surface area contributed by atoms with Crippen LogP contribution in [0.5, 0.6) is 0 Å². The lowest BCUT2D eigenvalue weighted by atomic mass is 9.75. The molecule has 1 saturated carbocycles. The van der Waals surface area contributed by atoms with Crippen LogP contribution in [0.15, 0.2) is 23.1 Å². The molecule has 0 radical (unpaired) electrons. The molecule has 1 fully saturated rings. The molecule has 4 nitrogen and oxygen atoms in total. The lowest BCUT2D eigenvalue weighted by Gasteiger charge is -2.33. The molecule has 1 amide bonds. The Morgan fingerprint density at radius 2 is 1.85 bits per heavy atom. The second-order valence-electron chi connectivity index (χ2n) is 6.05. The number of amides is 1. The molecule has 1 aromatic rings. The molecule has 0 bridgehead atoms. The molecule has 0 saturated heterocycles. The van der Waals surface area contributed by atoms with E-state index in [0.717, 1.165) is 24.8 Å². The molecular formula is C15H19NO3S. The van der Waals surface area contributed by atoms with Gasteiger partial charge in [0, 0.05) is 0 Å². The fraction of sp³-hybridized carbons (Fsp3) is 0.533. The zero-order valence-corrected chi connectivity index (χ0v) is 12.4. The Morgan fingerprint density at radius 1 is 1.15 bits per heavy atom. The van der Waals surface area contributed by atoms with Crippen molar-refractivity contribution in [3.05, 3.63) is 23.8 Å². The molecule has 3 rings (SSSR count). The van der Waals surface area contributed by atoms with Gasteiger partial charge in [-0.25, -0.2) is 8.42 Å². The molecule has 1 heterocycles. The van der Waals surface area contributed by atoms with Crippen molar-refractivity contribution in [2.24, 2.45) is 5.41 Å². The monoisotopic (exact) mass is 293 g/mol. The molecule has 2 aliphatic rings. The SMILES string of the molecule is Cc1ccc2c(c1)S(=O)(=O)CC1(CCCCC1)C(=O)N2. The Balaban J connectivity index is 2.12.